The Hall–Kier alpha value is -3.02. The lowest BCUT2D eigenvalue weighted by molar-refractivity contribution is -0.114. The van der Waals surface area contributed by atoms with Gasteiger partial charge in [0.05, 0.1) is 25.8 Å². The molecule has 2 rings (SSSR count). The molecule has 0 atom stereocenters. The Morgan fingerprint density at radius 2 is 1.69 bits per heavy atom. The fourth-order valence-electron chi connectivity index (χ4n) is 2.79. The molecule has 0 saturated heterocycles. The third kappa shape index (κ3) is 8.25. The molecule has 2 aromatic rings. The van der Waals surface area contributed by atoms with Gasteiger partial charge < -0.3 is 20.1 Å². The first-order chi connectivity index (χ1) is 14.1. The minimum absolute atomic E-state index is 0.111. The molecule has 1 amide bonds. The van der Waals surface area contributed by atoms with Gasteiger partial charge in [-0.3, -0.25) is 4.79 Å². The van der Waals surface area contributed by atoms with Crippen LogP contribution >= 0.6 is 0 Å². The van der Waals surface area contributed by atoms with E-state index in [1.165, 1.54) is 32.8 Å². The number of rotatable bonds is 12. The zero-order valence-electron chi connectivity index (χ0n) is 17.2. The Morgan fingerprint density at radius 3 is 2.41 bits per heavy atom. The number of carbonyl (C=O) groups is 2. The molecular weight excluding hydrogens is 368 g/mol. The smallest absolute Gasteiger partial charge is 0.337 e. The highest BCUT2D eigenvalue weighted by atomic mass is 16.5. The van der Waals surface area contributed by atoms with Gasteiger partial charge >= 0.3 is 5.97 Å². The molecule has 29 heavy (non-hydrogen) atoms. The quantitative estimate of drug-likeness (QED) is 0.394. The Bertz CT molecular complexity index is 775. The van der Waals surface area contributed by atoms with Crippen LogP contribution in [0.4, 0.5) is 11.4 Å². The number of unbranched alkanes of at least 4 members (excludes halogenated alkanes) is 4. The van der Waals surface area contributed by atoms with Gasteiger partial charge in [-0.05, 0) is 42.8 Å². The SMILES string of the molecule is CCCCCCCOc1cccc(NC(=O)CNc2ccc(C(=O)OC)cc2)c1. The van der Waals surface area contributed by atoms with E-state index >= 15 is 0 Å². The van der Waals surface area contributed by atoms with Crippen LogP contribution in [0.15, 0.2) is 48.5 Å². The normalized spacial score (nSPS) is 10.3. The molecular formula is C23H30N2O4. The lowest BCUT2D eigenvalue weighted by Crippen LogP contribution is -2.21. The number of hydrogen-bond acceptors (Lipinski definition) is 5. The van der Waals surface area contributed by atoms with Crippen molar-refractivity contribution in [1.29, 1.82) is 0 Å². The molecule has 6 heteroatoms. The summed E-state index contributed by atoms with van der Waals surface area (Å²) >= 11 is 0. The largest absolute Gasteiger partial charge is 0.494 e. The van der Waals surface area contributed by atoms with Crippen molar-refractivity contribution in [2.24, 2.45) is 0 Å². The standard InChI is InChI=1S/C23H30N2O4/c1-3-4-5-6-7-15-29-21-10-8-9-20(16-21)25-22(26)17-24-19-13-11-18(12-14-19)23(27)28-2/h8-14,16,24H,3-7,15,17H2,1-2H3,(H,25,26). The van der Waals surface area contributed by atoms with E-state index in [1.807, 2.05) is 24.3 Å². The molecule has 0 heterocycles. The summed E-state index contributed by atoms with van der Waals surface area (Å²) in [6.07, 6.45) is 5.96. The van der Waals surface area contributed by atoms with Crippen LogP contribution < -0.4 is 15.4 Å². The number of ether oxygens (including phenoxy) is 2. The molecule has 0 bridgehead atoms. The highest BCUT2D eigenvalue weighted by molar-refractivity contribution is 5.94. The number of nitrogens with one attached hydrogen (secondary N) is 2. The molecule has 2 N–H and O–H groups in total. The van der Waals surface area contributed by atoms with E-state index < -0.39 is 5.97 Å². The molecule has 156 valence electrons. The summed E-state index contributed by atoms with van der Waals surface area (Å²) in [4.78, 5) is 23.6. The summed E-state index contributed by atoms with van der Waals surface area (Å²) in [5, 5.41) is 5.88. The lowest BCUT2D eigenvalue weighted by atomic mass is 10.2. The van der Waals surface area contributed by atoms with Crippen molar-refractivity contribution in [2.75, 3.05) is 30.9 Å². The van der Waals surface area contributed by atoms with Crippen LogP contribution in [-0.4, -0.2) is 32.1 Å². The zero-order valence-corrected chi connectivity index (χ0v) is 17.2. The van der Waals surface area contributed by atoms with Gasteiger partial charge in [-0.1, -0.05) is 38.7 Å². The number of amides is 1. The van der Waals surface area contributed by atoms with E-state index in [1.54, 1.807) is 24.3 Å². The predicted molar refractivity (Wildman–Crippen MR) is 116 cm³/mol. The molecule has 0 saturated carbocycles. The lowest BCUT2D eigenvalue weighted by Gasteiger charge is -2.10. The Balaban J connectivity index is 1.75. The van der Waals surface area contributed by atoms with Crippen molar-refractivity contribution in [3.63, 3.8) is 0 Å². The highest BCUT2D eigenvalue weighted by Gasteiger charge is 2.06. The van der Waals surface area contributed by atoms with Gasteiger partial charge in [0.1, 0.15) is 5.75 Å². The molecule has 0 aliphatic carbocycles. The maximum absolute atomic E-state index is 12.2. The minimum Gasteiger partial charge on any atom is -0.494 e. The van der Waals surface area contributed by atoms with Crippen LogP contribution in [0.3, 0.4) is 0 Å². The first-order valence-electron chi connectivity index (χ1n) is 10.1. The fourth-order valence-corrected chi connectivity index (χ4v) is 2.79. The number of anilines is 2. The fraction of sp³-hybridized carbons (Fsp3) is 0.391. The molecule has 0 aromatic heterocycles. The number of methoxy groups -OCH3 is 1. The topological polar surface area (TPSA) is 76.7 Å². The van der Waals surface area contributed by atoms with Gasteiger partial charge in [-0.15, -0.1) is 0 Å². The van der Waals surface area contributed by atoms with Crippen molar-refractivity contribution in [3.8, 4) is 5.75 Å². The summed E-state index contributed by atoms with van der Waals surface area (Å²) < 4.78 is 10.4. The van der Waals surface area contributed by atoms with Gasteiger partial charge in [0.25, 0.3) is 0 Å². The first kappa shape index (κ1) is 22.3. The summed E-state index contributed by atoms with van der Waals surface area (Å²) in [6, 6.07) is 14.2. The average Bonchev–Trinajstić information content (AvgIpc) is 2.75. The van der Waals surface area contributed by atoms with Crippen LogP contribution in [-0.2, 0) is 9.53 Å². The highest BCUT2D eigenvalue weighted by Crippen LogP contribution is 2.18. The number of benzene rings is 2. The minimum atomic E-state index is -0.391. The van der Waals surface area contributed by atoms with Crippen molar-refractivity contribution in [2.45, 2.75) is 39.0 Å². The van der Waals surface area contributed by atoms with E-state index in [-0.39, 0.29) is 12.5 Å². The van der Waals surface area contributed by atoms with Crippen molar-refractivity contribution < 1.29 is 19.1 Å². The van der Waals surface area contributed by atoms with Crippen LogP contribution in [0, 0.1) is 0 Å². The summed E-state index contributed by atoms with van der Waals surface area (Å²) in [5.41, 5.74) is 1.90. The van der Waals surface area contributed by atoms with Gasteiger partial charge in [-0.25, -0.2) is 4.79 Å². The number of hydrogen-bond donors (Lipinski definition) is 2. The van der Waals surface area contributed by atoms with E-state index in [2.05, 4.69) is 22.3 Å². The second kappa shape index (κ2) is 12.4. The van der Waals surface area contributed by atoms with Crippen molar-refractivity contribution >= 4 is 23.3 Å². The first-order valence-corrected chi connectivity index (χ1v) is 10.1. The van der Waals surface area contributed by atoms with Gasteiger partial charge in [-0.2, -0.15) is 0 Å². The molecule has 0 fully saturated rings. The second-order valence-corrected chi connectivity index (χ2v) is 6.76. The van der Waals surface area contributed by atoms with E-state index in [9.17, 15) is 9.59 Å². The molecule has 0 radical (unpaired) electrons. The van der Waals surface area contributed by atoms with E-state index in [4.69, 9.17) is 4.74 Å². The third-order valence-electron chi connectivity index (χ3n) is 4.39. The summed E-state index contributed by atoms with van der Waals surface area (Å²) in [6.45, 7) is 3.00. The Labute approximate surface area is 172 Å². The monoisotopic (exact) mass is 398 g/mol. The van der Waals surface area contributed by atoms with Crippen molar-refractivity contribution in [1.82, 2.24) is 0 Å². The second-order valence-electron chi connectivity index (χ2n) is 6.76. The molecule has 0 unspecified atom stereocenters. The average molecular weight is 399 g/mol. The maximum atomic E-state index is 12.2. The maximum Gasteiger partial charge on any atom is 0.337 e. The number of carbonyl (C=O) groups excluding carboxylic acids is 2. The molecule has 6 nitrogen and oxygen atoms in total. The van der Waals surface area contributed by atoms with E-state index in [0.29, 0.717) is 17.9 Å². The van der Waals surface area contributed by atoms with Crippen LogP contribution in [0.2, 0.25) is 0 Å². The Morgan fingerprint density at radius 1 is 0.931 bits per heavy atom. The predicted octanol–water partition coefficient (Wildman–Crippen LogP) is 4.87. The number of esters is 1. The molecule has 2 aromatic carbocycles. The van der Waals surface area contributed by atoms with Crippen molar-refractivity contribution in [3.05, 3.63) is 54.1 Å². The molecule has 0 aliphatic rings. The summed E-state index contributed by atoms with van der Waals surface area (Å²) in [7, 11) is 1.34. The van der Waals surface area contributed by atoms with Crippen LogP contribution in [0.1, 0.15) is 49.4 Å². The van der Waals surface area contributed by atoms with Crippen LogP contribution in [0.25, 0.3) is 0 Å². The van der Waals surface area contributed by atoms with Gasteiger partial charge in [0.2, 0.25) is 5.91 Å². The third-order valence-corrected chi connectivity index (χ3v) is 4.39. The molecule has 0 spiro atoms. The summed E-state index contributed by atoms with van der Waals surface area (Å²) in [5.74, 6) is 0.195. The van der Waals surface area contributed by atoms with Gasteiger partial charge in [0, 0.05) is 17.4 Å². The zero-order chi connectivity index (χ0) is 20.9. The Kier molecular flexibility index (Phi) is 9.55. The van der Waals surface area contributed by atoms with Gasteiger partial charge in [0.15, 0.2) is 0 Å². The van der Waals surface area contributed by atoms with E-state index in [0.717, 1.165) is 17.9 Å². The van der Waals surface area contributed by atoms with Crippen LogP contribution in [0.5, 0.6) is 5.75 Å². The molecule has 0 aliphatic heterocycles.